The first-order valence-electron chi connectivity index (χ1n) is 6.54. The summed E-state index contributed by atoms with van der Waals surface area (Å²) in [6.45, 7) is 4.14. The monoisotopic (exact) mass is 274 g/mol. The molecule has 0 saturated heterocycles. The molecule has 0 atom stereocenters. The van der Waals surface area contributed by atoms with Crippen molar-refractivity contribution in [3.05, 3.63) is 70.8 Å². The van der Waals surface area contributed by atoms with Crippen LogP contribution in [-0.4, -0.2) is 5.78 Å². The average molecular weight is 274 g/mol. The molecule has 0 aliphatic carbocycles. The molecular weight excluding hydrogens is 258 g/mol. The van der Waals surface area contributed by atoms with Crippen LogP contribution in [0.1, 0.15) is 41.3 Å². The highest BCUT2D eigenvalue weighted by Gasteiger charge is 2.12. The van der Waals surface area contributed by atoms with Crippen molar-refractivity contribution in [2.24, 2.45) is 0 Å². The Morgan fingerprint density at radius 2 is 1.70 bits per heavy atom. The molecule has 0 radical (unpaired) electrons. The molecule has 0 aliphatic rings. The van der Waals surface area contributed by atoms with Crippen LogP contribution in [0.3, 0.4) is 0 Å². The largest absolute Gasteiger partial charge is 0.294 e. The van der Waals surface area contributed by atoms with Gasteiger partial charge in [-0.3, -0.25) is 4.79 Å². The first-order chi connectivity index (χ1) is 9.47. The number of benzene rings is 2. The molecule has 0 spiro atoms. The molecule has 104 valence electrons. The Morgan fingerprint density at radius 1 is 1.05 bits per heavy atom. The minimum absolute atomic E-state index is 0.0861. The lowest BCUT2D eigenvalue weighted by Crippen LogP contribution is -2.06. The predicted octanol–water partition coefficient (Wildman–Crippen LogP) is 4.51. The van der Waals surface area contributed by atoms with Crippen molar-refractivity contribution in [3.63, 3.8) is 0 Å². The van der Waals surface area contributed by atoms with Crippen LogP contribution in [0.5, 0.6) is 0 Å². The Labute approximate surface area is 117 Å². The number of halogens is 2. The summed E-state index contributed by atoms with van der Waals surface area (Å²) in [6, 6.07) is 10.4. The van der Waals surface area contributed by atoms with E-state index in [1.807, 2.05) is 12.1 Å². The van der Waals surface area contributed by atoms with E-state index < -0.39 is 11.6 Å². The summed E-state index contributed by atoms with van der Waals surface area (Å²) in [5.41, 5.74) is 1.74. The van der Waals surface area contributed by atoms with Gasteiger partial charge in [0, 0.05) is 12.0 Å². The first-order valence-corrected chi connectivity index (χ1v) is 6.54. The third-order valence-electron chi connectivity index (χ3n) is 3.26. The zero-order chi connectivity index (χ0) is 14.7. The van der Waals surface area contributed by atoms with Crippen molar-refractivity contribution in [1.82, 2.24) is 0 Å². The SMILES string of the molecule is CC(C)c1ccc(C(=O)Cc2cc(F)ccc2F)cc1. The van der Waals surface area contributed by atoms with E-state index in [9.17, 15) is 13.6 Å². The molecule has 0 unspecified atom stereocenters. The Kier molecular flexibility index (Phi) is 4.28. The quantitative estimate of drug-likeness (QED) is 0.749. The summed E-state index contributed by atoms with van der Waals surface area (Å²) < 4.78 is 26.6. The Balaban J connectivity index is 2.17. The normalized spacial score (nSPS) is 10.8. The van der Waals surface area contributed by atoms with E-state index in [1.165, 1.54) is 0 Å². The van der Waals surface area contributed by atoms with Crippen LogP contribution in [-0.2, 0) is 6.42 Å². The molecule has 0 saturated carbocycles. The summed E-state index contributed by atoms with van der Waals surface area (Å²) >= 11 is 0. The van der Waals surface area contributed by atoms with E-state index in [1.54, 1.807) is 12.1 Å². The lowest BCUT2D eigenvalue weighted by molar-refractivity contribution is 0.0991. The van der Waals surface area contributed by atoms with E-state index >= 15 is 0 Å². The smallest absolute Gasteiger partial charge is 0.167 e. The number of rotatable bonds is 4. The highest BCUT2D eigenvalue weighted by molar-refractivity contribution is 5.97. The van der Waals surface area contributed by atoms with Crippen LogP contribution in [0.4, 0.5) is 8.78 Å². The molecule has 0 aromatic heterocycles. The van der Waals surface area contributed by atoms with Gasteiger partial charge >= 0.3 is 0 Å². The maximum absolute atomic E-state index is 13.5. The average Bonchev–Trinajstić information content (AvgIpc) is 2.43. The Bertz CT molecular complexity index is 615. The highest BCUT2D eigenvalue weighted by atomic mass is 19.1. The third-order valence-corrected chi connectivity index (χ3v) is 3.26. The van der Waals surface area contributed by atoms with Crippen LogP contribution in [0.15, 0.2) is 42.5 Å². The van der Waals surface area contributed by atoms with Crippen molar-refractivity contribution in [1.29, 1.82) is 0 Å². The second-order valence-electron chi connectivity index (χ2n) is 5.11. The molecule has 0 amide bonds. The predicted molar refractivity (Wildman–Crippen MR) is 74.9 cm³/mol. The van der Waals surface area contributed by atoms with Gasteiger partial charge in [-0.1, -0.05) is 38.1 Å². The van der Waals surface area contributed by atoms with Gasteiger partial charge in [-0.2, -0.15) is 0 Å². The molecule has 2 aromatic rings. The molecule has 0 aliphatic heterocycles. The number of carbonyl (C=O) groups excluding carboxylic acids is 1. The fourth-order valence-corrected chi connectivity index (χ4v) is 2.01. The summed E-state index contributed by atoms with van der Waals surface area (Å²) in [6.07, 6.45) is -0.134. The van der Waals surface area contributed by atoms with Gasteiger partial charge in [-0.25, -0.2) is 8.78 Å². The van der Waals surface area contributed by atoms with E-state index in [2.05, 4.69) is 13.8 Å². The summed E-state index contributed by atoms with van der Waals surface area (Å²) in [5, 5.41) is 0. The number of Topliss-reactive ketones (excluding diaryl/α,β-unsaturated/α-hetero) is 1. The highest BCUT2D eigenvalue weighted by Crippen LogP contribution is 2.17. The van der Waals surface area contributed by atoms with Gasteiger partial charge < -0.3 is 0 Å². The molecule has 1 nitrogen and oxygen atoms in total. The number of carbonyl (C=O) groups is 1. The lowest BCUT2D eigenvalue weighted by atomic mass is 9.98. The van der Waals surface area contributed by atoms with E-state index in [0.29, 0.717) is 11.5 Å². The second kappa shape index (κ2) is 5.95. The maximum atomic E-state index is 13.5. The molecule has 2 rings (SSSR count). The van der Waals surface area contributed by atoms with Gasteiger partial charge in [0.2, 0.25) is 0 Å². The molecule has 20 heavy (non-hydrogen) atoms. The number of hydrogen-bond donors (Lipinski definition) is 0. The van der Waals surface area contributed by atoms with Crippen LogP contribution < -0.4 is 0 Å². The van der Waals surface area contributed by atoms with Crippen LogP contribution >= 0.6 is 0 Å². The summed E-state index contributed by atoms with van der Waals surface area (Å²) in [7, 11) is 0. The number of ketones is 1. The van der Waals surface area contributed by atoms with Crippen molar-refractivity contribution >= 4 is 5.78 Å². The molecule has 0 bridgehead atoms. The van der Waals surface area contributed by atoms with Crippen LogP contribution in [0.25, 0.3) is 0 Å². The van der Waals surface area contributed by atoms with Gasteiger partial charge in [0.25, 0.3) is 0 Å². The van der Waals surface area contributed by atoms with Crippen molar-refractivity contribution in [2.45, 2.75) is 26.2 Å². The Morgan fingerprint density at radius 3 is 2.30 bits per heavy atom. The lowest BCUT2D eigenvalue weighted by Gasteiger charge is -2.07. The van der Waals surface area contributed by atoms with Crippen molar-refractivity contribution in [2.75, 3.05) is 0 Å². The van der Waals surface area contributed by atoms with Gasteiger partial charge in [0.1, 0.15) is 11.6 Å². The summed E-state index contributed by atoms with van der Waals surface area (Å²) in [4.78, 5) is 12.1. The van der Waals surface area contributed by atoms with Gasteiger partial charge in [-0.05, 0) is 35.2 Å². The van der Waals surface area contributed by atoms with E-state index in [0.717, 1.165) is 23.8 Å². The van der Waals surface area contributed by atoms with E-state index in [4.69, 9.17) is 0 Å². The van der Waals surface area contributed by atoms with Crippen molar-refractivity contribution < 1.29 is 13.6 Å². The second-order valence-corrected chi connectivity index (χ2v) is 5.11. The molecule has 0 N–H and O–H groups in total. The molecule has 3 heteroatoms. The molecule has 0 heterocycles. The fourth-order valence-electron chi connectivity index (χ4n) is 2.01. The van der Waals surface area contributed by atoms with Crippen molar-refractivity contribution in [3.8, 4) is 0 Å². The Hall–Kier alpha value is -2.03. The molecule has 0 fully saturated rings. The molecule has 2 aromatic carbocycles. The van der Waals surface area contributed by atoms with Gasteiger partial charge in [-0.15, -0.1) is 0 Å². The fraction of sp³-hybridized carbons (Fsp3) is 0.235. The van der Waals surface area contributed by atoms with Gasteiger partial charge in [0.15, 0.2) is 5.78 Å². The zero-order valence-electron chi connectivity index (χ0n) is 11.5. The summed E-state index contributed by atoms with van der Waals surface area (Å²) in [5.74, 6) is -0.924. The first kappa shape index (κ1) is 14.4. The molecular formula is C17H16F2O. The minimum atomic E-state index is -0.557. The number of hydrogen-bond acceptors (Lipinski definition) is 1. The van der Waals surface area contributed by atoms with E-state index in [-0.39, 0.29) is 17.8 Å². The minimum Gasteiger partial charge on any atom is -0.294 e. The van der Waals surface area contributed by atoms with Crippen LogP contribution in [0.2, 0.25) is 0 Å². The third kappa shape index (κ3) is 3.29. The van der Waals surface area contributed by atoms with Crippen LogP contribution in [0, 0.1) is 11.6 Å². The maximum Gasteiger partial charge on any atom is 0.167 e. The van der Waals surface area contributed by atoms with Gasteiger partial charge in [0.05, 0.1) is 0 Å². The topological polar surface area (TPSA) is 17.1 Å². The standard InChI is InChI=1S/C17H16F2O/c1-11(2)12-3-5-13(6-4-12)17(20)10-14-9-15(18)7-8-16(14)19/h3-9,11H,10H2,1-2H3. The zero-order valence-corrected chi connectivity index (χ0v) is 11.5.